The lowest BCUT2D eigenvalue weighted by molar-refractivity contribution is -0.135. The van der Waals surface area contributed by atoms with E-state index in [1.165, 1.54) is 19.1 Å². The molecule has 0 saturated carbocycles. The highest BCUT2D eigenvalue weighted by Gasteiger charge is 2.28. The summed E-state index contributed by atoms with van der Waals surface area (Å²) < 4.78 is 1.66. The number of likely N-dealkylation sites (tertiary alicyclic amines) is 1. The third-order valence-electron chi connectivity index (χ3n) is 4.33. The van der Waals surface area contributed by atoms with Crippen LogP contribution in [0.25, 0.3) is 10.9 Å². The average Bonchev–Trinajstić information content (AvgIpc) is 3.12. The number of aromatic hydroxyl groups is 1. The van der Waals surface area contributed by atoms with Gasteiger partial charge in [0.1, 0.15) is 18.6 Å². The molecule has 0 radical (unpaired) electrons. The fourth-order valence-corrected chi connectivity index (χ4v) is 3.17. The minimum atomic E-state index is -0.356. The van der Waals surface area contributed by atoms with Crippen LogP contribution in [0.4, 0.5) is 0 Å². The number of carbonyl (C=O) groups is 3. The van der Waals surface area contributed by atoms with Crippen LogP contribution in [-0.4, -0.2) is 45.1 Å². The van der Waals surface area contributed by atoms with Gasteiger partial charge in [0, 0.05) is 29.8 Å². The molecule has 1 saturated heterocycles. The number of ketones is 1. The van der Waals surface area contributed by atoms with E-state index in [1.54, 1.807) is 21.7 Å². The molecule has 2 heterocycles. The Bertz CT molecular complexity index is 793. The highest BCUT2D eigenvalue weighted by Crippen LogP contribution is 2.26. The van der Waals surface area contributed by atoms with Gasteiger partial charge in [-0.05, 0) is 31.9 Å². The molecular weight excluding hydrogens is 296 g/mol. The standard InChI is InChI=1S/C17H18N2O4/c1-11(21)15-8-18(16-7-13(22)4-5-14(15)16)9-17(23)19-6-2-3-12(19)10-20/h4-5,7-8,10,12,22H,2-3,6,9H2,1H3/t12-/m0/s1. The molecule has 1 N–H and O–H groups in total. The lowest BCUT2D eigenvalue weighted by Crippen LogP contribution is -2.38. The molecule has 1 aliphatic heterocycles. The number of Topliss-reactive ketones (excluding diaryl/α,β-unsaturated/α-hetero) is 1. The van der Waals surface area contributed by atoms with Gasteiger partial charge >= 0.3 is 0 Å². The second-order valence-electron chi connectivity index (χ2n) is 5.86. The monoisotopic (exact) mass is 314 g/mol. The minimum Gasteiger partial charge on any atom is -0.508 e. The van der Waals surface area contributed by atoms with E-state index in [0.717, 1.165) is 12.7 Å². The lowest BCUT2D eigenvalue weighted by Gasteiger charge is -2.20. The number of nitrogens with zero attached hydrogens (tertiary/aromatic N) is 2. The number of phenols is 1. The van der Waals surface area contributed by atoms with Crippen LogP contribution < -0.4 is 0 Å². The zero-order valence-electron chi connectivity index (χ0n) is 12.9. The second kappa shape index (κ2) is 5.87. The topological polar surface area (TPSA) is 79.6 Å². The summed E-state index contributed by atoms with van der Waals surface area (Å²) in [5.74, 6) is -0.180. The van der Waals surface area contributed by atoms with Crippen molar-refractivity contribution in [3.8, 4) is 5.75 Å². The van der Waals surface area contributed by atoms with Crippen LogP contribution in [0.1, 0.15) is 30.1 Å². The molecule has 120 valence electrons. The number of hydrogen-bond donors (Lipinski definition) is 1. The first-order chi connectivity index (χ1) is 11.0. The smallest absolute Gasteiger partial charge is 0.243 e. The number of phenolic OH excluding ortho intramolecular Hbond substituents is 1. The van der Waals surface area contributed by atoms with E-state index in [9.17, 15) is 19.5 Å². The number of carbonyl (C=O) groups excluding carboxylic acids is 3. The molecule has 1 aromatic heterocycles. The van der Waals surface area contributed by atoms with Gasteiger partial charge in [0.2, 0.25) is 5.91 Å². The van der Waals surface area contributed by atoms with E-state index in [2.05, 4.69) is 0 Å². The molecule has 6 heteroatoms. The van der Waals surface area contributed by atoms with E-state index in [-0.39, 0.29) is 30.0 Å². The van der Waals surface area contributed by atoms with E-state index in [1.807, 2.05) is 0 Å². The summed E-state index contributed by atoms with van der Waals surface area (Å²) in [5.41, 5.74) is 1.14. The van der Waals surface area contributed by atoms with Gasteiger partial charge in [-0.15, -0.1) is 0 Å². The van der Waals surface area contributed by atoms with Gasteiger partial charge < -0.3 is 19.4 Å². The normalized spacial score (nSPS) is 17.6. The number of aromatic nitrogens is 1. The van der Waals surface area contributed by atoms with Gasteiger partial charge in [-0.2, -0.15) is 0 Å². The zero-order valence-corrected chi connectivity index (χ0v) is 12.9. The largest absolute Gasteiger partial charge is 0.508 e. The molecule has 0 unspecified atom stereocenters. The first-order valence-corrected chi connectivity index (χ1v) is 7.59. The molecule has 2 aromatic rings. The van der Waals surface area contributed by atoms with Crippen molar-refractivity contribution in [1.82, 2.24) is 9.47 Å². The Hall–Kier alpha value is -2.63. The van der Waals surface area contributed by atoms with Gasteiger partial charge in [0.05, 0.1) is 11.6 Å². The van der Waals surface area contributed by atoms with Crippen molar-refractivity contribution in [2.75, 3.05) is 6.54 Å². The Kier molecular flexibility index (Phi) is 3.90. The average molecular weight is 314 g/mol. The van der Waals surface area contributed by atoms with Crippen LogP contribution in [0, 0.1) is 0 Å². The number of hydrogen-bond acceptors (Lipinski definition) is 4. The van der Waals surface area contributed by atoms with Crippen molar-refractivity contribution in [3.05, 3.63) is 30.0 Å². The fourth-order valence-electron chi connectivity index (χ4n) is 3.17. The number of rotatable bonds is 4. The summed E-state index contributed by atoms with van der Waals surface area (Å²) in [6, 6.07) is 4.37. The van der Waals surface area contributed by atoms with Crippen molar-refractivity contribution in [1.29, 1.82) is 0 Å². The summed E-state index contributed by atoms with van der Waals surface area (Å²) in [4.78, 5) is 36.9. The molecule has 1 atom stereocenters. The minimum absolute atomic E-state index is 0.0393. The summed E-state index contributed by atoms with van der Waals surface area (Å²) in [5, 5.41) is 10.4. The molecule has 0 bridgehead atoms. The van der Waals surface area contributed by atoms with Crippen LogP contribution in [-0.2, 0) is 16.1 Å². The molecule has 1 aromatic carbocycles. The predicted octanol–water partition coefficient (Wildman–Crippen LogP) is 1.74. The predicted molar refractivity (Wildman–Crippen MR) is 84.4 cm³/mol. The highest BCUT2D eigenvalue weighted by atomic mass is 16.3. The molecule has 6 nitrogen and oxygen atoms in total. The molecule has 3 rings (SSSR count). The maximum Gasteiger partial charge on any atom is 0.243 e. The summed E-state index contributed by atoms with van der Waals surface area (Å²) in [7, 11) is 0. The van der Waals surface area contributed by atoms with Gasteiger partial charge in [-0.25, -0.2) is 0 Å². The highest BCUT2D eigenvalue weighted by molar-refractivity contribution is 6.07. The van der Waals surface area contributed by atoms with Gasteiger partial charge in [-0.1, -0.05) is 0 Å². The van der Waals surface area contributed by atoms with Crippen LogP contribution in [0.2, 0.25) is 0 Å². The van der Waals surface area contributed by atoms with E-state index >= 15 is 0 Å². The van der Waals surface area contributed by atoms with Gasteiger partial charge in [-0.3, -0.25) is 9.59 Å². The summed E-state index contributed by atoms with van der Waals surface area (Å²) >= 11 is 0. The van der Waals surface area contributed by atoms with Crippen molar-refractivity contribution in [3.63, 3.8) is 0 Å². The van der Waals surface area contributed by atoms with E-state index in [4.69, 9.17) is 0 Å². The number of benzene rings is 1. The lowest BCUT2D eigenvalue weighted by atomic mass is 10.1. The Morgan fingerprint density at radius 3 is 2.87 bits per heavy atom. The number of aldehydes is 1. The first-order valence-electron chi connectivity index (χ1n) is 7.59. The zero-order chi connectivity index (χ0) is 16.6. The third-order valence-corrected chi connectivity index (χ3v) is 4.33. The quantitative estimate of drug-likeness (QED) is 0.688. The number of fused-ring (bicyclic) bond motifs is 1. The van der Waals surface area contributed by atoms with E-state index < -0.39 is 0 Å². The summed E-state index contributed by atoms with van der Waals surface area (Å²) in [6.07, 6.45) is 3.96. The SMILES string of the molecule is CC(=O)c1cn(CC(=O)N2CCC[C@H]2C=O)c2cc(O)ccc12. The van der Waals surface area contributed by atoms with Crippen LogP contribution in [0.5, 0.6) is 5.75 Å². The molecule has 1 fully saturated rings. The Morgan fingerprint density at radius 1 is 1.39 bits per heavy atom. The van der Waals surface area contributed by atoms with Crippen molar-refractivity contribution >= 4 is 28.9 Å². The van der Waals surface area contributed by atoms with Crippen molar-refractivity contribution < 1.29 is 19.5 Å². The summed E-state index contributed by atoms with van der Waals surface area (Å²) in [6.45, 7) is 2.08. The molecule has 1 aliphatic rings. The number of amides is 1. The maximum absolute atomic E-state index is 12.5. The van der Waals surface area contributed by atoms with Gasteiger partial charge in [0.25, 0.3) is 0 Å². The van der Waals surface area contributed by atoms with Crippen LogP contribution in [0.15, 0.2) is 24.4 Å². The molecule has 23 heavy (non-hydrogen) atoms. The second-order valence-corrected chi connectivity index (χ2v) is 5.86. The Balaban J connectivity index is 1.96. The maximum atomic E-state index is 12.5. The molecule has 1 amide bonds. The fraction of sp³-hybridized carbons (Fsp3) is 0.353. The Labute approximate surface area is 133 Å². The van der Waals surface area contributed by atoms with E-state index in [0.29, 0.717) is 29.4 Å². The van der Waals surface area contributed by atoms with Crippen LogP contribution >= 0.6 is 0 Å². The van der Waals surface area contributed by atoms with Gasteiger partial charge in [0.15, 0.2) is 5.78 Å². The molecule has 0 spiro atoms. The first kappa shape index (κ1) is 15.3. The third kappa shape index (κ3) is 2.72. The Morgan fingerprint density at radius 2 is 2.17 bits per heavy atom. The van der Waals surface area contributed by atoms with Crippen molar-refractivity contribution in [2.24, 2.45) is 0 Å². The van der Waals surface area contributed by atoms with Crippen molar-refractivity contribution in [2.45, 2.75) is 32.4 Å². The van der Waals surface area contributed by atoms with Crippen LogP contribution in [0.3, 0.4) is 0 Å². The molecule has 0 aliphatic carbocycles. The molecular formula is C17H18N2O4.